The fraction of sp³-hybridized carbons (Fsp3) is 0.429. The molecule has 0 aliphatic heterocycles. The summed E-state index contributed by atoms with van der Waals surface area (Å²) < 4.78 is 12.2. The lowest BCUT2D eigenvalue weighted by atomic mass is 9.91. The molecule has 2 aromatic rings. The van der Waals surface area contributed by atoms with Crippen LogP contribution in [0.5, 0.6) is 11.5 Å². The van der Waals surface area contributed by atoms with Crippen LogP contribution in [0.4, 0.5) is 0 Å². The van der Waals surface area contributed by atoms with E-state index in [9.17, 15) is 15.3 Å². The maximum Gasteiger partial charge on any atom is 0.123 e. The number of phenolic OH excluding ortho intramolecular Hbond substituents is 1. The van der Waals surface area contributed by atoms with Gasteiger partial charge in [0.1, 0.15) is 30.5 Å². The third-order valence-corrected chi connectivity index (χ3v) is 6.02. The molecular formula is C28H36O5. The van der Waals surface area contributed by atoms with E-state index in [0.717, 1.165) is 64.2 Å². The second-order valence-corrected chi connectivity index (χ2v) is 8.97. The molecular weight excluding hydrogens is 416 g/mol. The first-order valence-corrected chi connectivity index (χ1v) is 11.7. The van der Waals surface area contributed by atoms with E-state index < -0.39 is 6.10 Å². The van der Waals surface area contributed by atoms with Crippen LogP contribution in [0.25, 0.3) is 0 Å². The topological polar surface area (TPSA) is 79.2 Å². The lowest BCUT2D eigenvalue weighted by Gasteiger charge is -2.24. The minimum absolute atomic E-state index is 0.00937. The van der Waals surface area contributed by atoms with Crippen molar-refractivity contribution in [3.8, 4) is 11.5 Å². The van der Waals surface area contributed by atoms with Crippen LogP contribution in [0, 0.1) is 19.8 Å². The number of aryl methyl sites for hydroxylation is 2. The molecule has 178 valence electrons. The molecule has 3 N–H and O–H groups in total. The lowest BCUT2D eigenvalue weighted by molar-refractivity contribution is 0.159. The normalized spacial score (nSPS) is 18.0. The number of benzene rings is 2. The minimum Gasteiger partial charge on any atom is -0.508 e. The average Bonchev–Trinajstić information content (AvgIpc) is 2.79. The number of hydrogen-bond acceptors (Lipinski definition) is 5. The van der Waals surface area contributed by atoms with Crippen LogP contribution < -0.4 is 4.74 Å². The highest BCUT2D eigenvalue weighted by molar-refractivity contribution is 5.44. The third kappa shape index (κ3) is 6.62. The van der Waals surface area contributed by atoms with Gasteiger partial charge < -0.3 is 24.8 Å². The Labute approximate surface area is 197 Å². The first-order valence-electron chi connectivity index (χ1n) is 11.7. The van der Waals surface area contributed by atoms with Crippen molar-refractivity contribution in [3.63, 3.8) is 0 Å². The Hall–Kier alpha value is -2.76. The van der Waals surface area contributed by atoms with Crippen molar-refractivity contribution in [3.05, 3.63) is 81.6 Å². The molecule has 0 heterocycles. The van der Waals surface area contributed by atoms with Gasteiger partial charge in [-0.3, -0.25) is 0 Å². The van der Waals surface area contributed by atoms with E-state index in [1.165, 1.54) is 0 Å². The van der Waals surface area contributed by atoms with Gasteiger partial charge in [0.15, 0.2) is 0 Å². The minimum atomic E-state index is -0.474. The number of rotatable bonds is 10. The molecule has 2 unspecified atom stereocenters. The van der Waals surface area contributed by atoms with Crippen LogP contribution in [0.3, 0.4) is 0 Å². The Bertz CT molecular complexity index is 1020. The van der Waals surface area contributed by atoms with Crippen LogP contribution in [-0.2, 0) is 24.6 Å². The molecule has 5 heteroatoms. The molecule has 2 atom stereocenters. The summed E-state index contributed by atoms with van der Waals surface area (Å²) >= 11 is 0. The summed E-state index contributed by atoms with van der Waals surface area (Å²) in [5.41, 5.74) is 5.38. The molecule has 0 radical (unpaired) electrons. The van der Waals surface area contributed by atoms with Gasteiger partial charge in [0, 0.05) is 5.92 Å². The van der Waals surface area contributed by atoms with Crippen LogP contribution >= 0.6 is 0 Å². The number of aliphatic hydroxyl groups excluding tert-OH is 2. The number of hydrogen-bond donors (Lipinski definition) is 3. The molecule has 0 fully saturated rings. The number of ether oxygens (including phenoxy) is 2. The van der Waals surface area contributed by atoms with Crippen molar-refractivity contribution in [2.45, 2.75) is 72.9 Å². The van der Waals surface area contributed by atoms with Crippen LogP contribution in [-0.4, -0.2) is 21.4 Å². The van der Waals surface area contributed by atoms with E-state index in [2.05, 4.69) is 6.92 Å². The van der Waals surface area contributed by atoms with Gasteiger partial charge >= 0.3 is 0 Å². The molecule has 33 heavy (non-hydrogen) atoms. The first kappa shape index (κ1) is 24.9. The second-order valence-electron chi connectivity index (χ2n) is 8.97. The van der Waals surface area contributed by atoms with Crippen molar-refractivity contribution < 1.29 is 24.8 Å². The van der Waals surface area contributed by atoms with E-state index in [0.29, 0.717) is 13.2 Å². The Morgan fingerprint density at radius 2 is 1.55 bits per heavy atom. The van der Waals surface area contributed by atoms with Crippen molar-refractivity contribution in [2.24, 2.45) is 5.92 Å². The van der Waals surface area contributed by atoms with Gasteiger partial charge in [-0.1, -0.05) is 32.4 Å². The quantitative estimate of drug-likeness (QED) is 0.437. The zero-order valence-corrected chi connectivity index (χ0v) is 20.1. The van der Waals surface area contributed by atoms with Crippen LogP contribution in [0.2, 0.25) is 0 Å². The van der Waals surface area contributed by atoms with Gasteiger partial charge in [0.25, 0.3) is 0 Å². The number of allylic oxidation sites excluding steroid dienone is 1. The second kappa shape index (κ2) is 11.4. The number of unbranched alkanes of at least 4 members (excludes halogenated alkanes) is 1. The van der Waals surface area contributed by atoms with Gasteiger partial charge in [0.2, 0.25) is 0 Å². The average molecular weight is 453 g/mol. The number of phenols is 1. The molecule has 0 amide bonds. The van der Waals surface area contributed by atoms with Gasteiger partial charge in [-0.25, -0.2) is 0 Å². The van der Waals surface area contributed by atoms with E-state index in [1.54, 1.807) is 6.07 Å². The van der Waals surface area contributed by atoms with E-state index >= 15 is 0 Å². The standard InChI is InChI=1S/C28H36O5/c1-5-6-7-24-14-26(31)19(3)10-28(24)33-17-23-12-21(15-29)11-22(13-23)16-32-27-9-18(2)25(30)8-20(27)4/h8-14,19,26,29-31H,5-7,15-17H2,1-4H3. The Morgan fingerprint density at radius 1 is 0.879 bits per heavy atom. The van der Waals surface area contributed by atoms with E-state index in [-0.39, 0.29) is 18.3 Å². The molecule has 5 nitrogen and oxygen atoms in total. The molecule has 3 rings (SSSR count). The predicted octanol–water partition coefficient (Wildman–Crippen LogP) is 5.61. The highest BCUT2D eigenvalue weighted by Crippen LogP contribution is 2.30. The molecule has 1 aliphatic rings. The summed E-state index contributed by atoms with van der Waals surface area (Å²) in [6, 6.07) is 9.43. The SMILES string of the molecule is CCCCC1=CC(O)C(C)C=C1OCc1cc(CO)cc(COc2cc(C)c(O)cc2C)c1. The van der Waals surface area contributed by atoms with Gasteiger partial charge in [-0.15, -0.1) is 0 Å². The molecule has 0 bridgehead atoms. The van der Waals surface area contributed by atoms with E-state index in [4.69, 9.17) is 9.47 Å². The smallest absolute Gasteiger partial charge is 0.123 e. The monoisotopic (exact) mass is 452 g/mol. The van der Waals surface area contributed by atoms with E-state index in [1.807, 2.05) is 57.2 Å². The van der Waals surface area contributed by atoms with Crippen molar-refractivity contribution in [1.82, 2.24) is 0 Å². The molecule has 1 aliphatic carbocycles. The molecule has 0 aromatic heterocycles. The third-order valence-electron chi connectivity index (χ3n) is 6.02. The zero-order valence-electron chi connectivity index (χ0n) is 20.1. The number of aromatic hydroxyl groups is 1. The fourth-order valence-electron chi connectivity index (χ4n) is 3.95. The Kier molecular flexibility index (Phi) is 8.59. The summed E-state index contributed by atoms with van der Waals surface area (Å²) in [7, 11) is 0. The summed E-state index contributed by atoms with van der Waals surface area (Å²) in [5.74, 6) is 1.83. The van der Waals surface area contributed by atoms with Gasteiger partial charge in [-0.05, 0) is 90.4 Å². The van der Waals surface area contributed by atoms with Gasteiger partial charge in [-0.2, -0.15) is 0 Å². The fourth-order valence-corrected chi connectivity index (χ4v) is 3.95. The van der Waals surface area contributed by atoms with Crippen LogP contribution in [0.1, 0.15) is 60.9 Å². The first-order chi connectivity index (χ1) is 15.8. The maximum absolute atomic E-state index is 10.2. The largest absolute Gasteiger partial charge is 0.508 e. The molecule has 0 saturated heterocycles. The number of aliphatic hydroxyl groups is 2. The Morgan fingerprint density at radius 3 is 2.21 bits per heavy atom. The van der Waals surface area contributed by atoms with Crippen LogP contribution in [0.15, 0.2) is 53.8 Å². The van der Waals surface area contributed by atoms with Crippen molar-refractivity contribution in [2.75, 3.05) is 0 Å². The molecule has 2 aromatic carbocycles. The zero-order chi connectivity index (χ0) is 24.0. The highest BCUT2D eigenvalue weighted by Gasteiger charge is 2.21. The van der Waals surface area contributed by atoms with Crippen molar-refractivity contribution in [1.29, 1.82) is 0 Å². The highest BCUT2D eigenvalue weighted by atomic mass is 16.5. The van der Waals surface area contributed by atoms with Crippen molar-refractivity contribution >= 4 is 0 Å². The summed E-state index contributed by atoms with van der Waals surface area (Å²) in [4.78, 5) is 0. The predicted molar refractivity (Wildman–Crippen MR) is 130 cm³/mol. The summed E-state index contributed by atoms with van der Waals surface area (Å²) in [5, 5.41) is 29.8. The maximum atomic E-state index is 10.2. The summed E-state index contributed by atoms with van der Waals surface area (Å²) in [6.07, 6.45) is 6.46. The van der Waals surface area contributed by atoms with Gasteiger partial charge in [0.05, 0.1) is 12.7 Å². The molecule has 0 spiro atoms. The Balaban J connectivity index is 1.72. The molecule has 0 saturated carbocycles. The summed E-state index contributed by atoms with van der Waals surface area (Å²) in [6.45, 7) is 8.53. The lowest BCUT2D eigenvalue weighted by Crippen LogP contribution is -2.19.